The zero-order valence-corrected chi connectivity index (χ0v) is 32.0. The predicted octanol–water partition coefficient (Wildman–Crippen LogP) is 5.06. The van der Waals surface area contributed by atoms with Crippen molar-refractivity contribution in [3.05, 3.63) is 100.0 Å². The minimum absolute atomic E-state index is 0.256. The first-order chi connectivity index (χ1) is 24.7. The molecule has 52 heavy (non-hydrogen) atoms. The average molecular weight is 715 g/mol. The van der Waals surface area contributed by atoms with E-state index < -0.39 is 29.1 Å². The van der Waals surface area contributed by atoms with Gasteiger partial charge < -0.3 is 40.0 Å². The van der Waals surface area contributed by atoms with Gasteiger partial charge in [-0.15, -0.1) is 0 Å². The standard InChI is InChI=1S/C41H55N5O6/c1-27-19-33(25-40(3,44-27)37(47)51-7)31-21-32(34-20-28(2)45-41(4,26-34)38(48)52-8)23-35(22-31)43-39(49)42-15-10-16-46(5)17-13-29(14-18-46)30-11-9-12-36(24-30)50-6/h9,11-12,19-20,22-26,29,35,44-45H,10,13-18,21H2,1-8H3,(H-,42,43,49)/p+1. The van der Waals surface area contributed by atoms with Crippen LogP contribution in [0.3, 0.4) is 0 Å². The second kappa shape index (κ2) is 15.9. The summed E-state index contributed by atoms with van der Waals surface area (Å²) in [5.41, 5.74) is 4.49. The first-order valence-corrected chi connectivity index (χ1v) is 18.2. The molecule has 2 atom stereocenters. The maximum absolute atomic E-state index is 13.3. The van der Waals surface area contributed by atoms with E-state index in [4.69, 9.17) is 14.2 Å². The summed E-state index contributed by atoms with van der Waals surface area (Å²) in [6.07, 6.45) is 15.4. The van der Waals surface area contributed by atoms with E-state index in [2.05, 4.69) is 46.5 Å². The lowest BCUT2D eigenvalue weighted by Gasteiger charge is -2.41. The molecule has 11 nitrogen and oxygen atoms in total. The van der Waals surface area contributed by atoms with Crippen LogP contribution in [0.25, 0.3) is 0 Å². The molecule has 5 rings (SSSR count). The Hall–Kier alpha value is -4.77. The van der Waals surface area contributed by atoms with Gasteiger partial charge in [-0.1, -0.05) is 24.3 Å². The number of hydrogen-bond acceptors (Lipinski definition) is 8. The van der Waals surface area contributed by atoms with Gasteiger partial charge in [-0.05, 0) is 104 Å². The van der Waals surface area contributed by atoms with Crippen LogP contribution in [-0.4, -0.2) is 94.1 Å². The highest BCUT2D eigenvalue weighted by molar-refractivity contribution is 5.85. The van der Waals surface area contributed by atoms with Gasteiger partial charge in [0.25, 0.3) is 0 Å². The molecule has 2 unspecified atom stereocenters. The highest BCUT2D eigenvalue weighted by Gasteiger charge is 2.38. The van der Waals surface area contributed by atoms with Crippen LogP contribution < -0.4 is 26.0 Å². The Morgan fingerprint density at radius 1 is 0.885 bits per heavy atom. The molecule has 0 saturated carbocycles. The Morgan fingerprint density at radius 3 is 1.96 bits per heavy atom. The summed E-state index contributed by atoms with van der Waals surface area (Å²) in [7, 11) is 6.78. The Balaban J connectivity index is 1.27. The van der Waals surface area contributed by atoms with Crippen LogP contribution in [0, 0.1) is 0 Å². The summed E-state index contributed by atoms with van der Waals surface area (Å²) < 4.78 is 16.7. The van der Waals surface area contributed by atoms with Crippen LogP contribution in [0.1, 0.15) is 64.9 Å². The van der Waals surface area contributed by atoms with Crippen molar-refractivity contribution in [2.24, 2.45) is 0 Å². The van der Waals surface area contributed by atoms with Crippen molar-refractivity contribution < 1.29 is 33.1 Å². The van der Waals surface area contributed by atoms with Gasteiger partial charge in [0.1, 0.15) is 5.75 Å². The number of amides is 2. The molecule has 3 heterocycles. The smallest absolute Gasteiger partial charge is 0.335 e. The van der Waals surface area contributed by atoms with Crippen molar-refractivity contribution in [1.82, 2.24) is 21.3 Å². The Kier molecular flexibility index (Phi) is 11.7. The summed E-state index contributed by atoms with van der Waals surface area (Å²) >= 11 is 0. The molecule has 3 aliphatic heterocycles. The van der Waals surface area contributed by atoms with Gasteiger partial charge in [-0.3, -0.25) is 0 Å². The van der Waals surface area contributed by atoms with Crippen molar-refractivity contribution >= 4 is 18.0 Å². The molecule has 4 aliphatic rings. The number of carbonyl (C=O) groups is 3. The van der Waals surface area contributed by atoms with Crippen LogP contribution in [-0.2, 0) is 19.1 Å². The summed E-state index contributed by atoms with van der Waals surface area (Å²) in [4.78, 5) is 38.9. The fourth-order valence-electron chi connectivity index (χ4n) is 7.94. The highest BCUT2D eigenvalue weighted by Crippen LogP contribution is 2.36. The molecule has 2 amide bonds. The van der Waals surface area contributed by atoms with Gasteiger partial charge in [0, 0.05) is 37.2 Å². The van der Waals surface area contributed by atoms with Crippen molar-refractivity contribution in [1.29, 1.82) is 0 Å². The normalized spacial score (nSPS) is 28.5. The second-order valence-corrected chi connectivity index (χ2v) is 15.2. The van der Waals surface area contributed by atoms with Gasteiger partial charge >= 0.3 is 18.0 Å². The molecular formula is C41H56N5O6+. The molecule has 1 aromatic carbocycles. The molecule has 4 N–H and O–H groups in total. The van der Waals surface area contributed by atoms with E-state index in [1.54, 1.807) is 21.0 Å². The number of dihydropyridines is 2. The van der Waals surface area contributed by atoms with Crippen LogP contribution in [0.4, 0.5) is 4.79 Å². The summed E-state index contributed by atoms with van der Waals surface area (Å²) in [5, 5.41) is 12.7. The number of piperidine rings is 1. The van der Waals surface area contributed by atoms with Gasteiger partial charge in [0.2, 0.25) is 0 Å². The quantitative estimate of drug-likeness (QED) is 0.142. The van der Waals surface area contributed by atoms with Gasteiger partial charge in [0.15, 0.2) is 11.1 Å². The molecule has 0 bridgehead atoms. The predicted molar refractivity (Wildman–Crippen MR) is 202 cm³/mol. The largest absolute Gasteiger partial charge is 0.497 e. The number of quaternary nitrogens is 1. The van der Waals surface area contributed by atoms with Crippen LogP contribution in [0.2, 0.25) is 0 Å². The monoisotopic (exact) mass is 714 g/mol. The molecule has 1 aromatic rings. The SMILES string of the molecule is COC(=O)C1(C)C=C(C2=CC(NC(=O)NCCC[N+]3(C)CCC(c4cccc(OC)c4)CC3)C=C(C3=CC(C)(C(=O)OC)NC(C)=C3)C2)C=C(C)N1. The first-order valence-electron chi connectivity index (χ1n) is 18.2. The number of hydrogen-bond donors (Lipinski definition) is 4. The van der Waals surface area contributed by atoms with Gasteiger partial charge in [-0.2, -0.15) is 0 Å². The van der Waals surface area contributed by atoms with E-state index >= 15 is 0 Å². The van der Waals surface area contributed by atoms with E-state index in [-0.39, 0.29) is 6.03 Å². The number of rotatable bonds is 11. The van der Waals surface area contributed by atoms with E-state index in [0.29, 0.717) is 18.9 Å². The van der Waals surface area contributed by atoms with Crippen molar-refractivity contribution in [3.63, 3.8) is 0 Å². The number of benzene rings is 1. The lowest BCUT2D eigenvalue weighted by Crippen LogP contribution is -2.51. The number of nitrogens with one attached hydrogen (secondary N) is 4. The van der Waals surface area contributed by atoms with E-state index in [0.717, 1.165) is 82.8 Å². The van der Waals surface area contributed by atoms with E-state index in [1.807, 2.05) is 56.4 Å². The summed E-state index contributed by atoms with van der Waals surface area (Å²) in [6, 6.07) is 7.73. The van der Waals surface area contributed by atoms with Gasteiger partial charge in [-0.25, -0.2) is 14.4 Å². The average Bonchev–Trinajstić information content (AvgIpc) is 3.12. The second-order valence-electron chi connectivity index (χ2n) is 15.2. The molecular weight excluding hydrogens is 658 g/mol. The number of esters is 2. The number of allylic oxidation sites excluding steroid dienone is 8. The van der Waals surface area contributed by atoms with Crippen molar-refractivity contribution in [2.75, 3.05) is 54.6 Å². The van der Waals surface area contributed by atoms with E-state index in [1.165, 1.54) is 19.8 Å². The number of nitrogens with zero attached hydrogens (tertiary/aromatic N) is 1. The van der Waals surface area contributed by atoms with Gasteiger partial charge in [0.05, 0.1) is 54.1 Å². The fraction of sp³-hybridized carbons (Fsp3) is 0.488. The molecule has 0 aromatic heterocycles. The molecule has 0 radical (unpaired) electrons. The lowest BCUT2D eigenvalue weighted by molar-refractivity contribution is -0.914. The zero-order chi connectivity index (χ0) is 37.7. The zero-order valence-electron chi connectivity index (χ0n) is 32.0. The van der Waals surface area contributed by atoms with Crippen LogP contribution in [0.15, 0.2) is 94.4 Å². The maximum Gasteiger partial charge on any atom is 0.335 e. The third-order valence-electron chi connectivity index (χ3n) is 10.7. The third kappa shape index (κ3) is 8.99. The molecule has 1 saturated heterocycles. The lowest BCUT2D eigenvalue weighted by atomic mass is 9.81. The third-order valence-corrected chi connectivity index (χ3v) is 10.7. The van der Waals surface area contributed by atoms with Crippen LogP contribution >= 0.6 is 0 Å². The Morgan fingerprint density at radius 2 is 1.44 bits per heavy atom. The maximum atomic E-state index is 13.3. The molecule has 0 spiro atoms. The van der Waals surface area contributed by atoms with Crippen LogP contribution in [0.5, 0.6) is 5.75 Å². The summed E-state index contributed by atoms with van der Waals surface area (Å²) in [6.45, 7) is 11.1. The molecule has 1 aliphatic carbocycles. The van der Waals surface area contributed by atoms with Crippen molar-refractivity contribution in [3.8, 4) is 5.75 Å². The number of urea groups is 1. The topological polar surface area (TPSA) is 127 Å². The molecule has 280 valence electrons. The summed E-state index contributed by atoms with van der Waals surface area (Å²) in [5.74, 6) is 0.652. The highest BCUT2D eigenvalue weighted by atomic mass is 16.5. The fourth-order valence-corrected chi connectivity index (χ4v) is 7.94. The minimum atomic E-state index is -1.05. The Bertz CT molecular complexity index is 1670. The number of likely N-dealkylation sites (tertiary alicyclic amines) is 1. The number of carbonyl (C=O) groups excluding carboxylic acids is 3. The first kappa shape index (κ1) is 38.5. The van der Waals surface area contributed by atoms with Crippen molar-refractivity contribution in [2.45, 2.75) is 76.4 Å². The number of methoxy groups -OCH3 is 3. The number of ether oxygens (including phenoxy) is 3. The molecule has 1 fully saturated rings. The Labute approximate surface area is 308 Å². The molecule has 11 heteroatoms. The van der Waals surface area contributed by atoms with E-state index in [9.17, 15) is 14.4 Å². The minimum Gasteiger partial charge on any atom is -0.497 e.